The van der Waals surface area contributed by atoms with Gasteiger partial charge in [0.05, 0.1) is 24.2 Å². The fraction of sp³-hybridized carbons (Fsp3) is 0.429. The van der Waals surface area contributed by atoms with Crippen LogP contribution in [0.4, 0.5) is 10.5 Å². The maximum Gasteiger partial charge on any atom is 0.322 e. The Bertz CT molecular complexity index is 520. The van der Waals surface area contributed by atoms with E-state index in [1.54, 1.807) is 18.2 Å². The van der Waals surface area contributed by atoms with Crippen LogP contribution in [-0.2, 0) is 4.79 Å². The number of carboxylic acids is 1. The Hall–Kier alpha value is -1.95. The van der Waals surface area contributed by atoms with Crippen LogP contribution in [0.3, 0.4) is 0 Å². The molecule has 21 heavy (non-hydrogen) atoms. The lowest BCUT2D eigenvalue weighted by Gasteiger charge is -2.26. The van der Waals surface area contributed by atoms with E-state index in [1.165, 1.54) is 12.0 Å². The van der Waals surface area contributed by atoms with Crippen molar-refractivity contribution in [1.82, 2.24) is 4.90 Å². The molecule has 1 aromatic carbocycles. The zero-order valence-corrected chi connectivity index (χ0v) is 13.0. The van der Waals surface area contributed by atoms with E-state index in [0.717, 1.165) is 0 Å². The Morgan fingerprint density at radius 2 is 2.10 bits per heavy atom. The number of hydrogen-bond acceptors (Lipinski definition) is 3. The van der Waals surface area contributed by atoms with Gasteiger partial charge in [0.15, 0.2) is 0 Å². The molecule has 2 N–H and O–H groups in total. The Balaban J connectivity index is 2.83. The molecule has 116 valence electrons. The Labute approximate surface area is 128 Å². The summed E-state index contributed by atoms with van der Waals surface area (Å²) in [6.45, 7) is 3.75. The standard InChI is InChI=1S/C14H19ClN2O4/c1-9(2)17(7-6-13(18)19)14(20)16-12-8-10(21-3)4-5-11(12)15/h4-5,8-9H,6-7H2,1-3H3,(H,16,20)(H,18,19). The molecule has 1 aromatic rings. The summed E-state index contributed by atoms with van der Waals surface area (Å²) in [4.78, 5) is 24.3. The van der Waals surface area contributed by atoms with Crippen LogP contribution >= 0.6 is 11.6 Å². The van der Waals surface area contributed by atoms with Crippen LogP contribution in [0.25, 0.3) is 0 Å². The molecule has 6 nitrogen and oxygen atoms in total. The van der Waals surface area contributed by atoms with Crippen molar-refractivity contribution < 1.29 is 19.4 Å². The number of halogens is 1. The molecule has 2 amide bonds. The molecule has 0 aromatic heterocycles. The molecule has 0 unspecified atom stereocenters. The maximum atomic E-state index is 12.2. The van der Waals surface area contributed by atoms with E-state index in [4.69, 9.17) is 21.4 Å². The van der Waals surface area contributed by atoms with E-state index in [-0.39, 0.29) is 19.0 Å². The minimum Gasteiger partial charge on any atom is -0.497 e. The number of rotatable bonds is 6. The number of carbonyl (C=O) groups excluding carboxylic acids is 1. The zero-order valence-electron chi connectivity index (χ0n) is 12.2. The highest BCUT2D eigenvalue weighted by atomic mass is 35.5. The fourth-order valence-corrected chi connectivity index (χ4v) is 1.89. The van der Waals surface area contributed by atoms with Gasteiger partial charge in [-0.2, -0.15) is 0 Å². The molecule has 0 aliphatic carbocycles. The van der Waals surface area contributed by atoms with E-state index >= 15 is 0 Å². The number of amides is 2. The van der Waals surface area contributed by atoms with Crippen LogP contribution < -0.4 is 10.1 Å². The third-order valence-electron chi connectivity index (χ3n) is 2.87. The van der Waals surface area contributed by atoms with Crippen LogP contribution in [0.2, 0.25) is 5.02 Å². The van der Waals surface area contributed by atoms with Gasteiger partial charge < -0.3 is 20.1 Å². The number of urea groups is 1. The van der Waals surface area contributed by atoms with Crippen LogP contribution in [0.15, 0.2) is 18.2 Å². The van der Waals surface area contributed by atoms with Gasteiger partial charge in [-0.3, -0.25) is 4.79 Å². The van der Waals surface area contributed by atoms with E-state index in [1.807, 2.05) is 13.8 Å². The Morgan fingerprint density at radius 1 is 1.43 bits per heavy atom. The van der Waals surface area contributed by atoms with E-state index in [2.05, 4.69) is 5.32 Å². The third kappa shape index (κ3) is 5.15. The van der Waals surface area contributed by atoms with Gasteiger partial charge in [-0.25, -0.2) is 4.79 Å². The molecule has 0 radical (unpaired) electrons. The first-order valence-corrected chi connectivity index (χ1v) is 6.86. The molecule has 0 bridgehead atoms. The van der Waals surface area contributed by atoms with Crippen LogP contribution in [-0.4, -0.2) is 41.7 Å². The van der Waals surface area contributed by atoms with Crippen molar-refractivity contribution in [2.24, 2.45) is 0 Å². The monoisotopic (exact) mass is 314 g/mol. The molecular weight excluding hydrogens is 296 g/mol. The first kappa shape index (κ1) is 17.1. The molecular formula is C14H19ClN2O4. The van der Waals surface area contributed by atoms with E-state index < -0.39 is 12.0 Å². The summed E-state index contributed by atoms with van der Waals surface area (Å²) in [5.74, 6) is -0.385. The summed E-state index contributed by atoms with van der Waals surface area (Å²) >= 11 is 6.03. The van der Waals surface area contributed by atoms with Gasteiger partial charge in [-0.15, -0.1) is 0 Å². The molecule has 0 fully saturated rings. The van der Waals surface area contributed by atoms with Gasteiger partial charge >= 0.3 is 12.0 Å². The van der Waals surface area contributed by atoms with Gasteiger partial charge in [0.2, 0.25) is 0 Å². The Kier molecular flexibility index (Phi) is 6.30. The average Bonchev–Trinajstić information content (AvgIpc) is 2.40. The van der Waals surface area contributed by atoms with Gasteiger partial charge in [0, 0.05) is 18.7 Å². The summed E-state index contributed by atoms with van der Waals surface area (Å²) in [6, 6.07) is 4.38. The second kappa shape index (κ2) is 7.73. The number of carbonyl (C=O) groups is 2. The van der Waals surface area contributed by atoms with Crippen molar-refractivity contribution in [3.63, 3.8) is 0 Å². The molecule has 0 heterocycles. The quantitative estimate of drug-likeness (QED) is 0.845. The summed E-state index contributed by atoms with van der Waals surface area (Å²) in [6.07, 6.45) is -0.114. The lowest BCUT2D eigenvalue weighted by atomic mass is 10.2. The van der Waals surface area contributed by atoms with Gasteiger partial charge in [0.1, 0.15) is 5.75 Å². The number of benzene rings is 1. The number of ether oxygens (including phenoxy) is 1. The van der Waals surface area contributed by atoms with Crippen molar-refractivity contribution in [1.29, 1.82) is 0 Å². The van der Waals surface area contributed by atoms with Crippen molar-refractivity contribution in [2.75, 3.05) is 19.0 Å². The average molecular weight is 315 g/mol. The van der Waals surface area contributed by atoms with Crippen LogP contribution in [0.5, 0.6) is 5.75 Å². The highest BCUT2D eigenvalue weighted by Crippen LogP contribution is 2.27. The molecule has 7 heteroatoms. The number of hydrogen-bond donors (Lipinski definition) is 2. The van der Waals surface area contributed by atoms with Crippen molar-refractivity contribution >= 4 is 29.3 Å². The predicted molar refractivity (Wildman–Crippen MR) is 81.1 cm³/mol. The molecule has 1 rings (SSSR count). The summed E-state index contributed by atoms with van der Waals surface area (Å²) in [5, 5.41) is 11.8. The first-order valence-electron chi connectivity index (χ1n) is 6.48. The SMILES string of the molecule is COc1ccc(Cl)c(NC(=O)N(CCC(=O)O)C(C)C)c1. The second-order valence-corrected chi connectivity index (χ2v) is 5.11. The fourth-order valence-electron chi connectivity index (χ4n) is 1.72. The minimum atomic E-state index is -0.951. The van der Waals surface area contributed by atoms with Gasteiger partial charge in [-0.05, 0) is 26.0 Å². The van der Waals surface area contributed by atoms with Gasteiger partial charge in [-0.1, -0.05) is 11.6 Å². The summed E-state index contributed by atoms with van der Waals surface area (Å²) < 4.78 is 5.08. The van der Waals surface area contributed by atoms with Crippen LogP contribution in [0, 0.1) is 0 Å². The topological polar surface area (TPSA) is 78.9 Å². The third-order valence-corrected chi connectivity index (χ3v) is 3.20. The molecule has 0 saturated carbocycles. The number of aliphatic carboxylic acids is 1. The minimum absolute atomic E-state index is 0.114. The van der Waals surface area contributed by atoms with Crippen molar-refractivity contribution in [2.45, 2.75) is 26.3 Å². The molecule has 0 aliphatic heterocycles. The van der Waals surface area contributed by atoms with Gasteiger partial charge in [0.25, 0.3) is 0 Å². The molecule has 0 atom stereocenters. The summed E-state index contributed by atoms with van der Waals surface area (Å²) in [7, 11) is 1.52. The number of nitrogens with one attached hydrogen (secondary N) is 1. The van der Waals surface area contributed by atoms with Crippen molar-refractivity contribution in [3.8, 4) is 5.75 Å². The smallest absolute Gasteiger partial charge is 0.322 e. The van der Waals surface area contributed by atoms with E-state index in [9.17, 15) is 9.59 Å². The Morgan fingerprint density at radius 3 is 2.62 bits per heavy atom. The van der Waals surface area contributed by atoms with E-state index in [0.29, 0.717) is 16.5 Å². The lowest BCUT2D eigenvalue weighted by molar-refractivity contribution is -0.137. The normalized spacial score (nSPS) is 10.3. The predicted octanol–water partition coefficient (Wildman–Crippen LogP) is 3.07. The second-order valence-electron chi connectivity index (χ2n) is 4.71. The zero-order chi connectivity index (χ0) is 16.0. The highest BCUT2D eigenvalue weighted by molar-refractivity contribution is 6.33. The lowest BCUT2D eigenvalue weighted by Crippen LogP contribution is -2.41. The molecule has 0 spiro atoms. The van der Waals surface area contributed by atoms with Crippen molar-refractivity contribution in [3.05, 3.63) is 23.2 Å². The number of anilines is 1. The first-order chi connectivity index (χ1) is 9.85. The number of nitrogens with zero attached hydrogens (tertiary/aromatic N) is 1. The number of methoxy groups -OCH3 is 1. The largest absolute Gasteiger partial charge is 0.497 e. The molecule has 0 aliphatic rings. The number of carboxylic acid groups (broad SMARTS) is 1. The summed E-state index contributed by atoms with van der Waals surface area (Å²) in [5.41, 5.74) is 0.419. The van der Waals surface area contributed by atoms with Crippen LogP contribution in [0.1, 0.15) is 20.3 Å². The maximum absolute atomic E-state index is 12.2. The molecule has 0 saturated heterocycles. The highest BCUT2D eigenvalue weighted by Gasteiger charge is 2.19.